The van der Waals surface area contributed by atoms with Gasteiger partial charge in [0.05, 0.1) is 23.4 Å². The van der Waals surface area contributed by atoms with Gasteiger partial charge in [-0.15, -0.1) is 0 Å². The molecule has 0 radical (unpaired) electrons. The lowest BCUT2D eigenvalue weighted by Crippen LogP contribution is -2.43. The minimum Gasteiger partial charge on any atom is -0.495 e. The molecule has 152 valence electrons. The molecule has 28 heavy (non-hydrogen) atoms. The molecule has 0 aliphatic carbocycles. The molecule has 0 spiro atoms. The molecular weight excluding hydrogens is 374 g/mol. The molecule has 1 unspecified atom stereocenters. The lowest BCUT2D eigenvalue weighted by Gasteiger charge is -2.30. The van der Waals surface area contributed by atoms with Crippen LogP contribution in [0.4, 0.5) is 11.4 Å². The zero-order chi connectivity index (χ0) is 20.1. The molecule has 2 aromatic carbocycles. The van der Waals surface area contributed by atoms with E-state index >= 15 is 0 Å². The van der Waals surface area contributed by atoms with Gasteiger partial charge in [0.15, 0.2) is 0 Å². The van der Waals surface area contributed by atoms with E-state index in [1.54, 1.807) is 25.3 Å². The van der Waals surface area contributed by atoms with Crippen LogP contribution in [0, 0.1) is 0 Å². The van der Waals surface area contributed by atoms with Gasteiger partial charge in [-0.1, -0.05) is 32.0 Å². The molecule has 1 atom stereocenters. The zero-order valence-electron chi connectivity index (χ0n) is 16.7. The number of anilines is 2. The van der Waals surface area contributed by atoms with Crippen molar-refractivity contribution in [2.75, 3.05) is 42.9 Å². The SMILES string of the molecule is CCC(C)c1ccccc1NS(=O)(=O)c1ccc(OC)c(N2CCNCC2)c1. The van der Waals surface area contributed by atoms with Gasteiger partial charge in [0.1, 0.15) is 5.75 Å². The van der Waals surface area contributed by atoms with Crippen LogP contribution in [0.15, 0.2) is 47.4 Å². The first kappa shape index (κ1) is 20.5. The number of nitrogens with one attached hydrogen (secondary N) is 2. The van der Waals surface area contributed by atoms with E-state index in [4.69, 9.17) is 4.74 Å². The Morgan fingerprint density at radius 1 is 1.18 bits per heavy atom. The highest BCUT2D eigenvalue weighted by molar-refractivity contribution is 7.92. The Morgan fingerprint density at radius 3 is 2.57 bits per heavy atom. The fraction of sp³-hybridized carbons (Fsp3) is 0.429. The largest absolute Gasteiger partial charge is 0.495 e. The maximum Gasteiger partial charge on any atom is 0.261 e. The van der Waals surface area contributed by atoms with E-state index < -0.39 is 10.0 Å². The van der Waals surface area contributed by atoms with Gasteiger partial charge in [0.2, 0.25) is 0 Å². The molecule has 0 saturated carbocycles. The molecule has 3 rings (SSSR count). The summed E-state index contributed by atoms with van der Waals surface area (Å²) in [7, 11) is -2.10. The van der Waals surface area contributed by atoms with E-state index in [1.807, 2.05) is 24.3 Å². The second kappa shape index (κ2) is 8.84. The molecule has 0 aromatic heterocycles. The van der Waals surface area contributed by atoms with Crippen molar-refractivity contribution in [2.45, 2.75) is 31.1 Å². The van der Waals surface area contributed by atoms with Crippen molar-refractivity contribution in [1.29, 1.82) is 0 Å². The predicted octanol–water partition coefficient (Wildman–Crippen LogP) is 3.42. The summed E-state index contributed by atoms with van der Waals surface area (Å²) in [6, 6.07) is 12.6. The maximum atomic E-state index is 13.1. The Bertz CT molecular complexity index is 909. The van der Waals surface area contributed by atoms with Gasteiger partial charge >= 0.3 is 0 Å². The van der Waals surface area contributed by atoms with Gasteiger partial charge in [0, 0.05) is 26.2 Å². The lowest BCUT2D eigenvalue weighted by atomic mass is 9.97. The monoisotopic (exact) mass is 403 g/mol. The van der Waals surface area contributed by atoms with Gasteiger partial charge in [-0.05, 0) is 42.2 Å². The average Bonchev–Trinajstić information content (AvgIpc) is 2.73. The molecule has 1 fully saturated rings. The molecular formula is C21H29N3O3S. The van der Waals surface area contributed by atoms with Crippen molar-refractivity contribution in [3.63, 3.8) is 0 Å². The Kier molecular flexibility index (Phi) is 6.46. The van der Waals surface area contributed by atoms with Gasteiger partial charge < -0.3 is 15.0 Å². The highest BCUT2D eigenvalue weighted by atomic mass is 32.2. The minimum absolute atomic E-state index is 0.237. The lowest BCUT2D eigenvalue weighted by molar-refractivity contribution is 0.412. The average molecular weight is 404 g/mol. The first-order valence-corrected chi connectivity index (χ1v) is 11.2. The number of sulfonamides is 1. The van der Waals surface area contributed by atoms with Gasteiger partial charge in [-0.3, -0.25) is 4.72 Å². The van der Waals surface area contributed by atoms with Gasteiger partial charge in [-0.25, -0.2) is 8.42 Å². The van der Waals surface area contributed by atoms with E-state index in [2.05, 4.69) is 28.8 Å². The third kappa shape index (κ3) is 4.42. The molecule has 1 saturated heterocycles. The summed E-state index contributed by atoms with van der Waals surface area (Å²) in [5, 5.41) is 3.31. The van der Waals surface area contributed by atoms with Crippen LogP contribution < -0.4 is 19.7 Å². The number of hydrogen-bond donors (Lipinski definition) is 2. The molecule has 0 bridgehead atoms. The topological polar surface area (TPSA) is 70.7 Å². The van der Waals surface area contributed by atoms with Crippen molar-refractivity contribution in [1.82, 2.24) is 5.32 Å². The highest BCUT2D eigenvalue weighted by Gasteiger charge is 2.22. The molecule has 6 nitrogen and oxygen atoms in total. The van der Waals surface area contributed by atoms with Crippen LogP contribution in [-0.4, -0.2) is 41.7 Å². The normalized spacial score (nSPS) is 15.9. The van der Waals surface area contributed by atoms with E-state index in [1.165, 1.54) is 0 Å². The highest BCUT2D eigenvalue weighted by Crippen LogP contribution is 2.33. The molecule has 1 heterocycles. The summed E-state index contributed by atoms with van der Waals surface area (Å²) in [4.78, 5) is 2.39. The van der Waals surface area contributed by atoms with Crippen molar-refractivity contribution in [3.05, 3.63) is 48.0 Å². The smallest absolute Gasteiger partial charge is 0.261 e. The summed E-state index contributed by atoms with van der Waals surface area (Å²) in [6.07, 6.45) is 0.939. The molecule has 1 aliphatic rings. The van der Waals surface area contributed by atoms with Crippen LogP contribution in [0.5, 0.6) is 5.75 Å². The fourth-order valence-corrected chi connectivity index (χ4v) is 4.54. The fourth-order valence-electron chi connectivity index (χ4n) is 3.43. The quantitative estimate of drug-likeness (QED) is 0.741. The third-order valence-corrected chi connectivity index (χ3v) is 6.63. The van der Waals surface area contributed by atoms with Crippen molar-refractivity contribution in [3.8, 4) is 5.75 Å². The van der Waals surface area contributed by atoms with Crippen LogP contribution >= 0.6 is 0 Å². The van der Waals surface area contributed by atoms with Gasteiger partial charge in [0.25, 0.3) is 10.0 Å². The molecule has 0 amide bonds. The number of benzene rings is 2. The third-order valence-electron chi connectivity index (χ3n) is 5.27. The van der Waals surface area contributed by atoms with E-state index in [-0.39, 0.29) is 10.8 Å². The summed E-state index contributed by atoms with van der Waals surface area (Å²) in [5.74, 6) is 0.951. The Labute approximate surface area is 168 Å². The van der Waals surface area contributed by atoms with Crippen molar-refractivity contribution >= 4 is 21.4 Å². The molecule has 7 heteroatoms. The first-order valence-electron chi connectivity index (χ1n) is 9.71. The molecule has 2 aromatic rings. The summed E-state index contributed by atoms with van der Waals surface area (Å²) in [6.45, 7) is 7.54. The van der Waals surface area contributed by atoms with Crippen LogP contribution in [0.25, 0.3) is 0 Å². The number of para-hydroxylation sites is 1. The van der Waals surface area contributed by atoms with E-state index in [0.717, 1.165) is 43.9 Å². The number of rotatable bonds is 7. The molecule has 2 N–H and O–H groups in total. The van der Waals surface area contributed by atoms with Crippen LogP contribution in [-0.2, 0) is 10.0 Å². The van der Waals surface area contributed by atoms with Crippen molar-refractivity contribution < 1.29 is 13.2 Å². The number of piperazine rings is 1. The second-order valence-corrected chi connectivity index (χ2v) is 8.76. The Hall–Kier alpha value is -2.25. The summed E-state index contributed by atoms with van der Waals surface area (Å²) >= 11 is 0. The van der Waals surface area contributed by atoms with Gasteiger partial charge in [-0.2, -0.15) is 0 Å². The van der Waals surface area contributed by atoms with Crippen molar-refractivity contribution in [2.24, 2.45) is 0 Å². The predicted molar refractivity (Wildman–Crippen MR) is 114 cm³/mol. The number of methoxy groups -OCH3 is 1. The second-order valence-electron chi connectivity index (χ2n) is 7.07. The van der Waals surface area contributed by atoms with Crippen LogP contribution in [0.1, 0.15) is 31.7 Å². The summed E-state index contributed by atoms with van der Waals surface area (Å²) < 4.78 is 34.5. The number of ether oxygens (including phenoxy) is 1. The Morgan fingerprint density at radius 2 is 1.89 bits per heavy atom. The molecule has 1 aliphatic heterocycles. The van der Waals surface area contributed by atoms with Crippen LogP contribution in [0.2, 0.25) is 0 Å². The van der Waals surface area contributed by atoms with Crippen LogP contribution in [0.3, 0.4) is 0 Å². The van der Waals surface area contributed by atoms with E-state index in [9.17, 15) is 8.42 Å². The van der Waals surface area contributed by atoms with E-state index in [0.29, 0.717) is 11.4 Å². The summed E-state index contributed by atoms with van der Waals surface area (Å²) in [5.41, 5.74) is 2.45. The minimum atomic E-state index is -3.71. The zero-order valence-corrected chi connectivity index (χ0v) is 17.6. The standard InChI is InChI=1S/C21H29N3O3S/c1-4-16(2)18-7-5-6-8-19(18)23-28(25,26)17-9-10-21(27-3)20(15-17)24-13-11-22-12-14-24/h5-10,15-16,22-23H,4,11-14H2,1-3H3. The first-order chi connectivity index (χ1) is 13.5. The number of hydrogen-bond acceptors (Lipinski definition) is 5. The maximum absolute atomic E-state index is 13.1. The Balaban J connectivity index is 1.94. The number of nitrogens with zero attached hydrogens (tertiary/aromatic N) is 1.